The third-order valence-corrected chi connectivity index (χ3v) is 9.09. The Bertz CT molecular complexity index is 2490. The lowest BCUT2D eigenvalue weighted by Crippen LogP contribution is -2.01. The molecule has 222 valence electrons. The van der Waals surface area contributed by atoms with Gasteiger partial charge in [-0.05, 0) is 52.1 Å². The molecule has 1 unspecified atom stereocenters. The molecule has 1 aliphatic rings. The summed E-state index contributed by atoms with van der Waals surface area (Å²) >= 11 is 0. The Morgan fingerprint density at radius 1 is 0.532 bits per heavy atom. The van der Waals surface area contributed by atoms with E-state index in [-0.39, 0.29) is 0 Å². The molecule has 8 aromatic rings. The van der Waals surface area contributed by atoms with E-state index >= 15 is 0 Å². The van der Waals surface area contributed by atoms with Gasteiger partial charge in [0.2, 0.25) is 0 Å². The Balaban J connectivity index is 1.14. The minimum absolute atomic E-state index is 0.410. The van der Waals surface area contributed by atoms with Crippen LogP contribution < -0.4 is 0 Å². The van der Waals surface area contributed by atoms with E-state index in [9.17, 15) is 0 Å². The van der Waals surface area contributed by atoms with Crippen molar-refractivity contribution in [1.29, 1.82) is 0 Å². The molecule has 0 N–H and O–H groups in total. The maximum absolute atomic E-state index is 6.21. The van der Waals surface area contributed by atoms with Crippen LogP contribution in [0.2, 0.25) is 0 Å². The monoisotopic (exact) mass is 603 g/mol. The molecule has 47 heavy (non-hydrogen) atoms. The molecular weight excluding hydrogens is 574 g/mol. The van der Waals surface area contributed by atoms with E-state index < -0.39 is 0 Å². The SMILES string of the molecule is C1=CC(c2ccccc2)CC=C1c1ccc(-c2nc(-c3ccc4ccccc4c3)nc(-c3cccc4oc5ccccc5c34)n2)cc1. The zero-order chi connectivity index (χ0) is 31.2. The van der Waals surface area contributed by atoms with Gasteiger partial charge in [0.05, 0.1) is 0 Å². The second-order valence-corrected chi connectivity index (χ2v) is 12.0. The molecule has 0 amide bonds. The number of nitrogens with zero attached hydrogens (tertiary/aromatic N) is 3. The first kappa shape index (κ1) is 27.2. The largest absolute Gasteiger partial charge is 0.456 e. The second-order valence-electron chi connectivity index (χ2n) is 12.0. The Hall–Kier alpha value is -6.13. The van der Waals surface area contributed by atoms with Crippen molar-refractivity contribution in [3.05, 3.63) is 169 Å². The molecule has 1 atom stereocenters. The van der Waals surface area contributed by atoms with Crippen molar-refractivity contribution in [2.24, 2.45) is 0 Å². The smallest absolute Gasteiger partial charge is 0.164 e. The third-order valence-electron chi connectivity index (χ3n) is 9.09. The van der Waals surface area contributed by atoms with Crippen LogP contribution in [0.4, 0.5) is 0 Å². The van der Waals surface area contributed by atoms with Crippen LogP contribution in [-0.2, 0) is 0 Å². The van der Waals surface area contributed by atoms with Crippen molar-refractivity contribution < 1.29 is 4.42 Å². The quantitative estimate of drug-likeness (QED) is 0.196. The average Bonchev–Trinajstić information content (AvgIpc) is 3.54. The molecule has 2 heterocycles. The number of aromatic nitrogens is 3. The number of furan rings is 1. The Labute approximate surface area is 272 Å². The molecule has 0 saturated heterocycles. The molecule has 1 aliphatic carbocycles. The first-order valence-corrected chi connectivity index (χ1v) is 16.0. The van der Waals surface area contributed by atoms with Crippen molar-refractivity contribution in [3.8, 4) is 34.2 Å². The maximum atomic E-state index is 6.21. The van der Waals surface area contributed by atoms with Crippen LogP contribution in [0.1, 0.15) is 23.5 Å². The Kier molecular flexibility index (Phi) is 6.57. The Morgan fingerprint density at radius 3 is 2.04 bits per heavy atom. The number of rotatable bonds is 5. The molecule has 0 bridgehead atoms. The molecule has 9 rings (SSSR count). The van der Waals surface area contributed by atoms with Crippen LogP contribution in [0.3, 0.4) is 0 Å². The summed E-state index contributed by atoms with van der Waals surface area (Å²) in [7, 11) is 0. The van der Waals surface area contributed by atoms with Crippen molar-refractivity contribution in [2.75, 3.05) is 0 Å². The van der Waals surface area contributed by atoms with Crippen LogP contribution >= 0.6 is 0 Å². The Morgan fingerprint density at radius 2 is 1.21 bits per heavy atom. The number of para-hydroxylation sites is 1. The highest BCUT2D eigenvalue weighted by Gasteiger charge is 2.18. The van der Waals surface area contributed by atoms with Gasteiger partial charge in [0.1, 0.15) is 11.2 Å². The summed E-state index contributed by atoms with van der Waals surface area (Å²) in [5.41, 5.74) is 8.21. The fourth-order valence-corrected chi connectivity index (χ4v) is 6.64. The zero-order valence-corrected chi connectivity index (χ0v) is 25.5. The number of allylic oxidation sites excluding steroid dienone is 4. The highest BCUT2D eigenvalue weighted by Crippen LogP contribution is 2.37. The van der Waals surface area contributed by atoms with E-state index in [4.69, 9.17) is 19.4 Å². The highest BCUT2D eigenvalue weighted by molar-refractivity contribution is 6.11. The average molecular weight is 604 g/mol. The van der Waals surface area contributed by atoms with E-state index in [0.29, 0.717) is 23.4 Å². The van der Waals surface area contributed by atoms with Crippen LogP contribution in [0.5, 0.6) is 0 Å². The molecule has 0 radical (unpaired) electrons. The van der Waals surface area contributed by atoms with Gasteiger partial charge in [-0.2, -0.15) is 0 Å². The summed E-state index contributed by atoms with van der Waals surface area (Å²) in [5.74, 6) is 2.29. The van der Waals surface area contributed by atoms with Crippen LogP contribution in [-0.4, -0.2) is 15.0 Å². The summed E-state index contributed by atoms with van der Waals surface area (Å²) in [6.45, 7) is 0. The lowest BCUT2D eigenvalue weighted by molar-refractivity contribution is 0.669. The number of benzene rings is 6. The zero-order valence-electron chi connectivity index (χ0n) is 25.5. The van der Waals surface area contributed by atoms with Crippen molar-refractivity contribution >= 4 is 38.3 Å². The first-order valence-electron chi connectivity index (χ1n) is 16.0. The fourth-order valence-electron chi connectivity index (χ4n) is 6.64. The van der Waals surface area contributed by atoms with E-state index in [1.807, 2.05) is 30.3 Å². The number of fused-ring (bicyclic) bond motifs is 4. The van der Waals surface area contributed by atoms with Gasteiger partial charge in [0, 0.05) is 33.4 Å². The molecular formula is C43H29N3O. The molecule has 0 saturated carbocycles. The normalized spacial score (nSPS) is 14.6. The number of hydrogen-bond acceptors (Lipinski definition) is 4. The summed E-state index contributed by atoms with van der Waals surface area (Å²) < 4.78 is 6.21. The molecule has 4 nitrogen and oxygen atoms in total. The fraction of sp³-hybridized carbons (Fsp3) is 0.0465. The standard InChI is InChI=1S/C43H29N3O/c1-2-9-28(10-3-1)30-17-19-31(20-18-30)32-21-24-33(25-22-32)41-44-42(35-26-23-29-11-4-5-12-34(29)27-35)46-43(45-41)37-14-8-16-39-40(37)36-13-6-7-15-38(36)47-39/h1-17,19-27,30H,18H2. The van der Waals surface area contributed by atoms with E-state index in [1.54, 1.807) is 0 Å². The highest BCUT2D eigenvalue weighted by atomic mass is 16.3. The van der Waals surface area contributed by atoms with Gasteiger partial charge in [-0.1, -0.05) is 140 Å². The number of hydrogen-bond donors (Lipinski definition) is 0. The predicted molar refractivity (Wildman–Crippen MR) is 192 cm³/mol. The molecule has 6 aromatic carbocycles. The molecule has 0 fully saturated rings. The van der Waals surface area contributed by atoms with Crippen molar-refractivity contribution in [1.82, 2.24) is 15.0 Å². The topological polar surface area (TPSA) is 51.8 Å². The van der Waals surface area contributed by atoms with Crippen LogP contribution in [0, 0.1) is 0 Å². The summed E-state index contributed by atoms with van der Waals surface area (Å²) in [6, 6.07) is 48.2. The van der Waals surface area contributed by atoms with Gasteiger partial charge >= 0.3 is 0 Å². The van der Waals surface area contributed by atoms with E-state index in [2.05, 4.69) is 127 Å². The third kappa shape index (κ3) is 5.01. The second kappa shape index (κ2) is 11.3. The van der Waals surface area contributed by atoms with Crippen molar-refractivity contribution in [2.45, 2.75) is 12.3 Å². The minimum Gasteiger partial charge on any atom is -0.456 e. The van der Waals surface area contributed by atoms with Gasteiger partial charge in [0.25, 0.3) is 0 Å². The summed E-state index contributed by atoms with van der Waals surface area (Å²) in [6.07, 6.45) is 7.87. The lowest BCUT2D eigenvalue weighted by Gasteiger charge is -2.17. The summed E-state index contributed by atoms with van der Waals surface area (Å²) in [4.78, 5) is 15.2. The van der Waals surface area contributed by atoms with Gasteiger partial charge in [-0.15, -0.1) is 0 Å². The van der Waals surface area contributed by atoms with Crippen LogP contribution in [0.15, 0.2) is 162 Å². The minimum atomic E-state index is 0.410. The molecule has 4 heteroatoms. The first-order chi connectivity index (χ1) is 23.3. The predicted octanol–water partition coefficient (Wildman–Crippen LogP) is 11.1. The van der Waals surface area contributed by atoms with Gasteiger partial charge in [-0.3, -0.25) is 0 Å². The van der Waals surface area contributed by atoms with E-state index in [1.165, 1.54) is 22.1 Å². The van der Waals surface area contributed by atoms with E-state index in [0.717, 1.165) is 50.4 Å². The van der Waals surface area contributed by atoms with Gasteiger partial charge in [-0.25, -0.2) is 15.0 Å². The van der Waals surface area contributed by atoms with Gasteiger partial charge in [0.15, 0.2) is 17.5 Å². The lowest BCUT2D eigenvalue weighted by atomic mass is 9.88. The maximum Gasteiger partial charge on any atom is 0.164 e. The summed E-state index contributed by atoms with van der Waals surface area (Å²) in [5, 5.41) is 4.37. The van der Waals surface area contributed by atoms with Crippen molar-refractivity contribution in [3.63, 3.8) is 0 Å². The van der Waals surface area contributed by atoms with Gasteiger partial charge < -0.3 is 4.42 Å². The molecule has 0 spiro atoms. The molecule has 2 aromatic heterocycles. The molecule has 0 aliphatic heterocycles. The van der Waals surface area contributed by atoms with Crippen LogP contribution in [0.25, 0.3) is 72.4 Å².